The Bertz CT molecular complexity index is 408. The van der Waals surface area contributed by atoms with E-state index in [-0.39, 0.29) is 5.91 Å². The molecule has 1 saturated heterocycles. The van der Waals surface area contributed by atoms with Crippen molar-refractivity contribution in [2.45, 2.75) is 19.3 Å². The molecule has 0 spiro atoms. The molecule has 2 rings (SSSR count). The fourth-order valence-electron chi connectivity index (χ4n) is 2.36. The Morgan fingerprint density at radius 1 is 1.37 bits per heavy atom. The number of carbonyl (C=O) groups is 1. The lowest BCUT2D eigenvalue weighted by molar-refractivity contribution is -0.116. The Balaban J connectivity index is 1.65. The van der Waals surface area contributed by atoms with Gasteiger partial charge in [-0.1, -0.05) is 30.3 Å². The second-order valence-electron chi connectivity index (χ2n) is 5.04. The van der Waals surface area contributed by atoms with Gasteiger partial charge in [-0.2, -0.15) is 0 Å². The molecule has 0 radical (unpaired) electrons. The van der Waals surface area contributed by atoms with Crippen molar-refractivity contribution in [1.29, 1.82) is 0 Å². The Morgan fingerprint density at radius 3 is 2.95 bits per heavy atom. The predicted octanol–water partition coefficient (Wildman–Crippen LogP) is 2.21. The van der Waals surface area contributed by atoms with Crippen LogP contribution in [0.3, 0.4) is 0 Å². The van der Waals surface area contributed by atoms with Gasteiger partial charge in [0.25, 0.3) is 0 Å². The highest BCUT2D eigenvalue weighted by molar-refractivity contribution is 5.91. The molecule has 1 aliphatic heterocycles. The summed E-state index contributed by atoms with van der Waals surface area (Å²) in [6.07, 6.45) is 7.05. The van der Waals surface area contributed by atoms with Gasteiger partial charge in [0, 0.05) is 12.6 Å². The van der Waals surface area contributed by atoms with E-state index in [0.29, 0.717) is 5.92 Å². The lowest BCUT2D eigenvalue weighted by atomic mass is 9.96. The van der Waals surface area contributed by atoms with Gasteiger partial charge in [0.05, 0.1) is 0 Å². The van der Waals surface area contributed by atoms with E-state index >= 15 is 0 Å². The smallest absolute Gasteiger partial charge is 0.243 e. The van der Waals surface area contributed by atoms with Crippen LogP contribution in [0.15, 0.2) is 36.4 Å². The molecule has 3 heteroatoms. The number of rotatable bonds is 5. The minimum Gasteiger partial charge on any atom is -0.353 e. The standard InChI is InChI=1S/C16H22N2O/c19-16(9-8-14-5-2-1-3-6-14)18-12-10-15-7-4-11-17-13-15/h1-3,5-6,8-9,15,17H,4,7,10-13H2,(H,18,19). The van der Waals surface area contributed by atoms with Crippen LogP contribution in [-0.4, -0.2) is 25.5 Å². The zero-order chi connectivity index (χ0) is 13.3. The minimum absolute atomic E-state index is 0.00683. The monoisotopic (exact) mass is 258 g/mol. The summed E-state index contributed by atoms with van der Waals surface area (Å²) in [4.78, 5) is 11.6. The molecule has 2 N–H and O–H groups in total. The number of piperidine rings is 1. The molecule has 1 atom stereocenters. The molecule has 1 unspecified atom stereocenters. The molecular weight excluding hydrogens is 236 g/mol. The summed E-state index contributed by atoms with van der Waals surface area (Å²) in [6, 6.07) is 9.87. The quantitative estimate of drug-likeness (QED) is 0.795. The van der Waals surface area contributed by atoms with Crippen LogP contribution in [0.4, 0.5) is 0 Å². The number of nitrogens with one attached hydrogen (secondary N) is 2. The van der Waals surface area contributed by atoms with Crippen molar-refractivity contribution in [3.05, 3.63) is 42.0 Å². The van der Waals surface area contributed by atoms with Gasteiger partial charge in [-0.25, -0.2) is 0 Å². The van der Waals surface area contributed by atoms with Gasteiger partial charge >= 0.3 is 0 Å². The van der Waals surface area contributed by atoms with Gasteiger partial charge in [-0.15, -0.1) is 0 Å². The summed E-state index contributed by atoms with van der Waals surface area (Å²) in [6.45, 7) is 3.00. The average molecular weight is 258 g/mol. The van der Waals surface area contributed by atoms with Crippen molar-refractivity contribution in [2.24, 2.45) is 5.92 Å². The van der Waals surface area contributed by atoms with Crippen molar-refractivity contribution in [3.63, 3.8) is 0 Å². The summed E-state index contributed by atoms with van der Waals surface area (Å²) in [5.41, 5.74) is 1.05. The van der Waals surface area contributed by atoms with Crippen LogP contribution in [-0.2, 0) is 4.79 Å². The first-order valence-electron chi connectivity index (χ1n) is 7.06. The maximum Gasteiger partial charge on any atom is 0.243 e. The van der Waals surface area contributed by atoms with E-state index in [1.807, 2.05) is 36.4 Å². The molecule has 1 fully saturated rings. The van der Waals surface area contributed by atoms with Crippen molar-refractivity contribution in [1.82, 2.24) is 10.6 Å². The Labute approximate surface area is 115 Å². The molecule has 0 aromatic heterocycles. The SMILES string of the molecule is O=C(C=Cc1ccccc1)NCCC1CCCNC1. The normalized spacial score (nSPS) is 19.5. The lowest BCUT2D eigenvalue weighted by Gasteiger charge is -2.22. The molecule has 1 heterocycles. The summed E-state index contributed by atoms with van der Waals surface area (Å²) < 4.78 is 0. The molecule has 3 nitrogen and oxygen atoms in total. The number of carbonyl (C=O) groups excluding carboxylic acids is 1. The second kappa shape index (κ2) is 7.74. The number of hydrogen-bond acceptors (Lipinski definition) is 2. The lowest BCUT2D eigenvalue weighted by Crippen LogP contribution is -2.32. The Morgan fingerprint density at radius 2 is 2.21 bits per heavy atom. The number of amides is 1. The first-order valence-corrected chi connectivity index (χ1v) is 7.06. The largest absolute Gasteiger partial charge is 0.353 e. The van der Waals surface area contributed by atoms with Gasteiger partial charge in [0.15, 0.2) is 0 Å². The third-order valence-corrected chi connectivity index (χ3v) is 3.48. The molecule has 102 valence electrons. The maximum absolute atomic E-state index is 11.6. The third-order valence-electron chi connectivity index (χ3n) is 3.48. The van der Waals surface area contributed by atoms with Gasteiger partial charge in [0.1, 0.15) is 0 Å². The van der Waals surface area contributed by atoms with Crippen LogP contribution in [0.25, 0.3) is 6.08 Å². The van der Waals surface area contributed by atoms with Gasteiger partial charge in [-0.3, -0.25) is 4.79 Å². The van der Waals surface area contributed by atoms with Gasteiger partial charge < -0.3 is 10.6 Å². The fraction of sp³-hybridized carbons (Fsp3) is 0.438. The van der Waals surface area contributed by atoms with Crippen molar-refractivity contribution in [3.8, 4) is 0 Å². The van der Waals surface area contributed by atoms with Crippen LogP contribution < -0.4 is 10.6 Å². The molecule has 1 aromatic carbocycles. The van der Waals surface area contributed by atoms with Crippen LogP contribution >= 0.6 is 0 Å². The molecule has 19 heavy (non-hydrogen) atoms. The first-order chi connectivity index (χ1) is 9.34. The highest BCUT2D eigenvalue weighted by Gasteiger charge is 2.12. The van der Waals surface area contributed by atoms with E-state index in [1.165, 1.54) is 12.8 Å². The highest BCUT2D eigenvalue weighted by Crippen LogP contribution is 2.12. The van der Waals surface area contributed by atoms with E-state index in [1.54, 1.807) is 6.08 Å². The summed E-state index contributed by atoms with van der Waals surface area (Å²) in [5.74, 6) is 0.708. The van der Waals surface area contributed by atoms with E-state index in [4.69, 9.17) is 0 Å². The predicted molar refractivity (Wildman–Crippen MR) is 78.7 cm³/mol. The van der Waals surface area contributed by atoms with Crippen LogP contribution in [0.5, 0.6) is 0 Å². The summed E-state index contributed by atoms with van der Waals surface area (Å²) in [5, 5.41) is 6.34. The molecule has 1 aromatic rings. The summed E-state index contributed by atoms with van der Waals surface area (Å²) in [7, 11) is 0. The molecule has 0 bridgehead atoms. The number of benzene rings is 1. The second-order valence-corrected chi connectivity index (χ2v) is 5.04. The Hall–Kier alpha value is -1.61. The van der Waals surface area contributed by atoms with Gasteiger partial charge in [-0.05, 0) is 49.9 Å². The summed E-state index contributed by atoms with van der Waals surface area (Å²) >= 11 is 0. The van der Waals surface area contributed by atoms with E-state index in [2.05, 4.69) is 10.6 Å². The van der Waals surface area contributed by atoms with Crippen LogP contribution in [0.1, 0.15) is 24.8 Å². The van der Waals surface area contributed by atoms with E-state index < -0.39 is 0 Å². The van der Waals surface area contributed by atoms with Gasteiger partial charge in [0.2, 0.25) is 5.91 Å². The third kappa shape index (κ3) is 5.26. The van der Waals surface area contributed by atoms with E-state index in [0.717, 1.165) is 31.6 Å². The Kier molecular flexibility index (Phi) is 5.63. The van der Waals surface area contributed by atoms with E-state index in [9.17, 15) is 4.79 Å². The topological polar surface area (TPSA) is 41.1 Å². The minimum atomic E-state index is -0.00683. The average Bonchev–Trinajstić information content (AvgIpc) is 2.47. The zero-order valence-corrected chi connectivity index (χ0v) is 11.3. The number of hydrogen-bond donors (Lipinski definition) is 2. The zero-order valence-electron chi connectivity index (χ0n) is 11.3. The highest BCUT2D eigenvalue weighted by atomic mass is 16.1. The van der Waals surface area contributed by atoms with Crippen molar-refractivity contribution >= 4 is 12.0 Å². The van der Waals surface area contributed by atoms with Crippen molar-refractivity contribution in [2.75, 3.05) is 19.6 Å². The molecular formula is C16H22N2O. The van der Waals surface area contributed by atoms with Crippen LogP contribution in [0, 0.1) is 5.92 Å². The molecule has 0 aliphatic carbocycles. The first kappa shape index (κ1) is 13.8. The fourth-order valence-corrected chi connectivity index (χ4v) is 2.36. The molecule has 0 saturated carbocycles. The van der Waals surface area contributed by atoms with Crippen LogP contribution in [0.2, 0.25) is 0 Å². The maximum atomic E-state index is 11.6. The molecule has 1 amide bonds. The van der Waals surface area contributed by atoms with Crippen molar-refractivity contribution < 1.29 is 4.79 Å². The molecule has 1 aliphatic rings.